The third kappa shape index (κ3) is 3.12. The van der Waals surface area contributed by atoms with E-state index in [9.17, 15) is 4.79 Å². The quantitative estimate of drug-likeness (QED) is 0.491. The van der Waals surface area contributed by atoms with Crippen molar-refractivity contribution in [1.29, 1.82) is 0 Å². The van der Waals surface area contributed by atoms with Gasteiger partial charge in [-0.25, -0.2) is 9.97 Å². The van der Waals surface area contributed by atoms with Gasteiger partial charge >= 0.3 is 5.97 Å². The minimum absolute atomic E-state index is 0.130. The van der Waals surface area contributed by atoms with Crippen molar-refractivity contribution in [2.45, 2.75) is 36.2 Å². The van der Waals surface area contributed by atoms with Crippen LogP contribution in [0.25, 0.3) is 0 Å². The maximum atomic E-state index is 12.1. The SMILES string of the molecule is CNC1(C(=O)OC)CCCC1CCSc1ccncn1. The van der Waals surface area contributed by atoms with E-state index in [1.807, 2.05) is 13.1 Å². The molecule has 2 atom stereocenters. The molecule has 0 bridgehead atoms. The zero-order valence-corrected chi connectivity index (χ0v) is 12.8. The molecule has 0 radical (unpaired) electrons. The second-order valence-electron chi connectivity index (χ2n) is 4.99. The summed E-state index contributed by atoms with van der Waals surface area (Å²) in [6.45, 7) is 0. The van der Waals surface area contributed by atoms with Crippen LogP contribution in [0.2, 0.25) is 0 Å². The Hall–Kier alpha value is -1.14. The molecule has 1 fully saturated rings. The Morgan fingerprint density at radius 2 is 2.50 bits per heavy atom. The lowest BCUT2D eigenvalue weighted by atomic mass is 9.85. The molecule has 6 heteroatoms. The van der Waals surface area contributed by atoms with Crippen molar-refractivity contribution in [3.8, 4) is 0 Å². The number of hydrogen-bond donors (Lipinski definition) is 1. The summed E-state index contributed by atoms with van der Waals surface area (Å²) in [4.78, 5) is 20.2. The molecule has 1 aliphatic carbocycles. The number of hydrogen-bond acceptors (Lipinski definition) is 6. The van der Waals surface area contributed by atoms with Gasteiger partial charge in [0.15, 0.2) is 0 Å². The molecule has 0 spiro atoms. The average Bonchev–Trinajstić information content (AvgIpc) is 2.91. The number of rotatable bonds is 6. The van der Waals surface area contributed by atoms with Crippen LogP contribution in [-0.4, -0.2) is 41.4 Å². The summed E-state index contributed by atoms with van der Waals surface area (Å²) in [5, 5.41) is 4.20. The molecule has 0 amide bonds. The Morgan fingerprint density at radius 3 is 3.15 bits per heavy atom. The molecule has 2 rings (SSSR count). The molecule has 1 aromatic rings. The maximum absolute atomic E-state index is 12.1. The first kappa shape index (κ1) is 15.3. The zero-order chi connectivity index (χ0) is 14.4. The number of likely N-dealkylation sites (N-methyl/N-ethyl adjacent to an activating group) is 1. The number of methoxy groups -OCH3 is 1. The maximum Gasteiger partial charge on any atom is 0.326 e. The van der Waals surface area contributed by atoms with E-state index in [2.05, 4.69) is 15.3 Å². The van der Waals surface area contributed by atoms with Crippen LogP contribution in [0.5, 0.6) is 0 Å². The number of ether oxygens (including phenoxy) is 1. The highest BCUT2D eigenvalue weighted by molar-refractivity contribution is 7.99. The smallest absolute Gasteiger partial charge is 0.326 e. The van der Waals surface area contributed by atoms with E-state index >= 15 is 0 Å². The average molecular weight is 295 g/mol. The van der Waals surface area contributed by atoms with Gasteiger partial charge in [-0.05, 0) is 44.0 Å². The van der Waals surface area contributed by atoms with E-state index in [0.717, 1.165) is 36.5 Å². The summed E-state index contributed by atoms with van der Waals surface area (Å²) in [5.41, 5.74) is -0.499. The summed E-state index contributed by atoms with van der Waals surface area (Å²) in [6.07, 6.45) is 7.28. The fourth-order valence-electron chi connectivity index (χ4n) is 3.02. The number of nitrogens with one attached hydrogen (secondary N) is 1. The molecular formula is C14H21N3O2S. The lowest BCUT2D eigenvalue weighted by molar-refractivity contribution is -0.150. The lowest BCUT2D eigenvalue weighted by Gasteiger charge is -2.32. The van der Waals surface area contributed by atoms with E-state index in [1.165, 1.54) is 7.11 Å². The molecule has 1 saturated carbocycles. The van der Waals surface area contributed by atoms with Crippen LogP contribution >= 0.6 is 11.8 Å². The lowest BCUT2D eigenvalue weighted by Crippen LogP contribution is -2.53. The van der Waals surface area contributed by atoms with Gasteiger partial charge in [0.25, 0.3) is 0 Å². The zero-order valence-electron chi connectivity index (χ0n) is 12.0. The molecule has 0 saturated heterocycles. The number of esters is 1. The number of nitrogens with zero attached hydrogens (tertiary/aromatic N) is 2. The molecule has 1 aliphatic rings. The first-order chi connectivity index (χ1) is 9.73. The van der Waals surface area contributed by atoms with Crippen molar-refractivity contribution in [1.82, 2.24) is 15.3 Å². The van der Waals surface area contributed by atoms with Crippen LogP contribution in [-0.2, 0) is 9.53 Å². The van der Waals surface area contributed by atoms with Crippen molar-refractivity contribution >= 4 is 17.7 Å². The molecular weight excluding hydrogens is 274 g/mol. The van der Waals surface area contributed by atoms with Crippen LogP contribution in [0.15, 0.2) is 23.6 Å². The fourth-order valence-corrected chi connectivity index (χ4v) is 3.91. The number of carbonyl (C=O) groups is 1. The second-order valence-corrected chi connectivity index (χ2v) is 6.10. The normalized spacial score (nSPS) is 25.6. The third-order valence-electron chi connectivity index (χ3n) is 4.09. The van der Waals surface area contributed by atoms with Gasteiger partial charge in [-0.1, -0.05) is 6.42 Å². The van der Waals surface area contributed by atoms with Crippen molar-refractivity contribution < 1.29 is 9.53 Å². The van der Waals surface area contributed by atoms with Crippen LogP contribution in [0.3, 0.4) is 0 Å². The van der Waals surface area contributed by atoms with Crippen molar-refractivity contribution in [3.63, 3.8) is 0 Å². The van der Waals surface area contributed by atoms with Gasteiger partial charge in [0, 0.05) is 6.20 Å². The summed E-state index contributed by atoms with van der Waals surface area (Å²) >= 11 is 1.71. The van der Waals surface area contributed by atoms with E-state index in [-0.39, 0.29) is 5.97 Å². The Labute approximate surface area is 123 Å². The summed E-state index contributed by atoms with van der Waals surface area (Å²) in [5.74, 6) is 1.14. The largest absolute Gasteiger partial charge is 0.468 e. The molecule has 2 unspecified atom stereocenters. The van der Waals surface area contributed by atoms with Crippen molar-refractivity contribution in [2.24, 2.45) is 5.92 Å². The van der Waals surface area contributed by atoms with Gasteiger partial charge in [-0.3, -0.25) is 4.79 Å². The van der Waals surface area contributed by atoms with E-state index < -0.39 is 5.54 Å². The van der Waals surface area contributed by atoms with Crippen molar-refractivity contribution in [2.75, 3.05) is 19.9 Å². The molecule has 110 valence electrons. The molecule has 1 aromatic heterocycles. The predicted octanol–water partition coefficient (Wildman–Crippen LogP) is 1.89. The second kappa shape index (κ2) is 7.04. The minimum atomic E-state index is -0.499. The van der Waals surface area contributed by atoms with Gasteiger partial charge in [-0.2, -0.15) is 0 Å². The van der Waals surface area contributed by atoms with E-state index in [0.29, 0.717) is 5.92 Å². The molecule has 0 aliphatic heterocycles. The minimum Gasteiger partial charge on any atom is -0.468 e. The van der Waals surface area contributed by atoms with E-state index in [1.54, 1.807) is 24.3 Å². The van der Waals surface area contributed by atoms with Gasteiger partial charge in [0.05, 0.1) is 12.1 Å². The summed E-state index contributed by atoms with van der Waals surface area (Å²) in [7, 11) is 3.32. The highest BCUT2D eigenvalue weighted by Crippen LogP contribution is 2.39. The molecule has 1 heterocycles. The highest BCUT2D eigenvalue weighted by Gasteiger charge is 2.48. The predicted molar refractivity (Wildman–Crippen MR) is 78.5 cm³/mol. The van der Waals surface area contributed by atoms with Crippen LogP contribution in [0.4, 0.5) is 0 Å². The van der Waals surface area contributed by atoms with Crippen LogP contribution < -0.4 is 5.32 Å². The fraction of sp³-hybridized carbons (Fsp3) is 0.643. The third-order valence-corrected chi connectivity index (χ3v) is 5.06. The Morgan fingerprint density at radius 1 is 1.65 bits per heavy atom. The molecule has 5 nitrogen and oxygen atoms in total. The Balaban J connectivity index is 1.92. The van der Waals surface area contributed by atoms with Crippen LogP contribution in [0.1, 0.15) is 25.7 Å². The van der Waals surface area contributed by atoms with Gasteiger partial charge < -0.3 is 10.1 Å². The topological polar surface area (TPSA) is 64.1 Å². The van der Waals surface area contributed by atoms with E-state index in [4.69, 9.17) is 4.74 Å². The molecule has 20 heavy (non-hydrogen) atoms. The molecule has 1 N–H and O–H groups in total. The van der Waals surface area contributed by atoms with Gasteiger partial charge in [-0.15, -0.1) is 11.8 Å². The standard InChI is InChI=1S/C14H21N3O2S/c1-15-14(13(18)19-2)7-3-4-11(14)6-9-20-12-5-8-16-10-17-12/h5,8,10-11,15H,3-4,6-7,9H2,1-2H3. The highest BCUT2D eigenvalue weighted by atomic mass is 32.2. The van der Waals surface area contributed by atoms with Crippen LogP contribution in [0, 0.1) is 5.92 Å². The Bertz CT molecular complexity index is 443. The number of thioether (sulfide) groups is 1. The van der Waals surface area contributed by atoms with Gasteiger partial charge in [0.1, 0.15) is 11.9 Å². The van der Waals surface area contributed by atoms with Crippen molar-refractivity contribution in [3.05, 3.63) is 18.6 Å². The first-order valence-electron chi connectivity index (χ1n) is 6.89. The molecule has 0 aromatic carbocycles. The van der Waals surface area contributed by atoms with Gasteiger partial charge in [0.2, 0.25) is 0 Å². The Kier molecular flexibility index (Phi) is 5.37. The number of carbonyl (C=O) groups excluding carboxylic acids is 1. The first-order valence-corrected chi connectivity index (χ1v) is 7.87. The number of aromatic nitrogens is 2. The monoisotopic (exact) mass is 295 g/mol. The summed E-state index contributed by atoms with van der Waals surface area (Å²) in [6, 6.07) is 1.91. The summed E-state index contributed by atoms with van der Waals surface area (Å²) < 4.78 is 4.99.